The first-order chi connectivity index (χ1) is 12.4. The zero-order valence-electron chi connectivity index (χ0n) is 15.4. The lowest BCUT2D eigenvalue weighted by Crippen LogP contribution is -2.69. The number of hydrogen-bond acceptors (Lipinski definition) is 2. The Morgan fingerprint density at radius 1 is 0.577 bits per heavy atom. The van der Waals surface area contributed by atoms with Gasteiger partial charge in [-0.05, 0) is 111 Å². The molecule has 0 aromatic heterocycles. The Hall–Kier alpha value is -1.06. The highest BCUT2D eigenvalue weighted by Crippen LogP contribution is 2.77. The maximum absolute atomic E-state index is 12.5. The molecule has 0 amide bonds. The number of carboxylic acid groups (broad SMARTS) is 2. The van der Waals surface area contributed by atoms with E-state index in [1.165, 1.54) is 12.8 Å². The molecule has 8 rings (SSSR count). The summed E-state index contributed by atoms with van der Waals surface area (Å²) in [6.07, 6.45) is 10.9. The van der Waals surface area contributed by atoms with Crippen LogP contribution in [0.2, 0.25) is 0 Å². The summed E-state index contributed by atoms with van der Waals surface area (Å²) in [4.78, 5) is 25.0. The van der Waals surface area contributed by atoms with Crippen molar-refractivity contribution in [3.8, 4) is 0 Å². The van der Waals surface area contributed by atoms with E-state index in [-0.39, 0.29) is 22.7 Å². The first-order valence-electron chi connectivity index (χ1n) is 10.9. The predicted octanol–water partition coefficient (Wildman–Crippen LogP) is 4.04. The molecule has 4 nitrogen and oxygen atoms in total. The van der Waals surface area contributed by atoms with E-state index in [0.29, 0.717) is 35.5 Å². The summed E-state index contributed by atoms with van der Waals surface area (Å²) >= 11 is 0. The summed E-state index contributed by atoms with van der Waals surface area (Å²) in [5.41, 5.74) is -0.459. The van der Waals surface area contributed by atoms with E-state index in [1.807, 2.05) is 0 Å². The van der Waals surface area contributed by atoms with Gasteiger partial charge in [0.1, 0.15) is 0 Å². The lowest BCUT2D eigenvalue weighted by molar-refractivity contribution is -0.258. The van der Waals surface area contributed by atoms with Gasteiger partial charge in [-0.3, -0.25) is 9.59 Å². The SMILES string of the molecule is O=C(O)C1C2CC3CC(C2)CC1(C12CC4CC(CC(C4)C1C(=O)O)C2)C3. The van der Waals surface area contributed by atoms with Crippen LogP contribution in [0.1, 0.15) is 64.2 Å². The van der Waals surface area contributed by atoms with Crippen LogP contribution in [0.25, 0.3) is 0 Å². The van der Waals surface area contributed by atoms with Gasteiger partial charge < -0.3 is 10.2 Å². The Labute approximate surface area is 154 Å². The molecule has 6 unspecified atom stereocenters. The molecule has 0 radical (unpaired) electrons. The van der Waals surface area contributed by atoms with Gasteiger partial charge in [0.15, 0.2) is 0 Å². The minimum atomic E-state index is -0.617. The van der Waals surface area contributed by atoms with Crippen LogP contribution in [0, 0.1) is 58.2 Å². The van der Waals surface area contributed by atoms with Gasteiger partial charge in [0.2, 0.25) is 0 Å². The maximum Gasteiger partial charge on any atom is 0.307 e. The van der Waals surface area contributed by atoms with Gasteiger partial charge in [0, 0.05) is 0 Å². The third-order valence-corrected chi connectivity index (χ3v) is 10.1. The van der Waals surface area contributed by atoms with Crippen molar-refractivity contribution in [2.75, 3.05) is 0 Å². The summed E-state index contributed by atoms with van der Waals surface area (Å²) < 4.78 is 0. The lowest BCUT2D eigenvalue weighted by atomic mass is 9.30. The molecule has 6 atom stereocenters. The predicted molar refractivity (Wildman–Crippen MR) is 94.2 cm³/mol. The van der Waals surface area contributed by atoms with Crippen molar-refractivity contribution in [2.45, 2.75) is 64.2 Å². The molecule has 8 aliphatic carbocycles. The molecule has 8 bridgehead atoms. The van der Waals surface area contributed by atoms with E-state index < -0.39 is 11.9 Å². The average Bonchev–Trinajstić information content (AvgIpc) is 2.51. The van der Waals surface area contributed by atoms with Crippen molar-refractivity contribution in [3.63, 3.8) is 0 Å². The van der Waals surface area contributed by atoms with Crippen molar-refractivity contribution in [2.24, 2.45) is 58.2 Å². The number of rotatable bonds is 3. The van der Waals surface area contributed by atoms with E-state index in [0.717, 1.165) is 51.4 Å². The molecule has 0 spiro atoms. The summed E-state index contributed by atoms with van der Waals surface area (Å²) in [7, 11) is 0. The third kappa shape index (κ3) is 1.73. The summed E-state index contributed by atoms with van der Waals surface area (Å²) in [6.45, 7) is 0. The Morgan fingerprint density at radius 2 is 0.885 bits per heavy atom. The molecule has 8 fully saturated rings. The third-order valence-electron chi connectivity index (χ3n) is 10.1. The highest BCUT2D eigenvalue weighted by Gasteiger charge is 2.73. The second kappa shape index (κ2) is 4.86. The average molecular weight is 358 g/mol. The molecule has 0 aromatic rings. The van der Waals surface area contributed by atoms with Crippen molar-refractivity contribution in [1.29, 1.82) is 0 Å². The van der Waals surface area contributed by atoms with Gasteiger partial charge in [0.25, 0.3) is 0 Å². The molecule has 8 aliphatic rings. The van der Waals surface area contributed by atoms with Crippen molar-refractivity contribution < 1.29 is 19.8 Å². The van der Waals surface area contributed by atoms with Crippen LogP contribution in [0.15, 0.2) is 0 Å². The fraction of sp³-hybridized carbons (Fsp3) is 0.909. The van der Waals surface area contributed by atoms with Crippen LogP contribution in [0.3, 0.4) is 0 Å². The second-order valence-electron chi connectivity index (χ2n) is 11.2. The van der Waals surface area contributed by atoms with Crippen LogP contribution in [0.4, 0.5) is 0 Å². The van der Waals surface area contributed by atoms with E-state index in [2.05, 4.69) is 0 Å². The standard InChI is InChI=1S/C22H30O4/c23-19(24)17-15-3-11-1-12(4-15)8-21(17,7-11)22-9-13-2-14(10-22)6-16(5-13)18(22)20(25)26/h11-18H,1-10H2,(H,23,24)(H,25,26). The van der Waals surface area contributed by atoms with Gasteiger partial charge in [-0.25, -0.2) is 0 Å². The van der Waals surface area contributed by atoms with E-state index in [4.69, 9.17) is 0 Å². The molecule has 0 aromatic carbocycles. The Morgan fingerprint density at radius 3 is 1.15 bits per heavy atom. The van der Waals surface area contributed by atoms with E-state index in [9.17, 15) is 19.8 Å². The minimum absolute atomic E-state index is 0.230. The van der Waals surface area contributed by atoms with E-state index >= 15 is 0 Å². The molecular formula is C22H30O4. The van der Waals surface area contributed by atoms with Gasteiger partial charge in [0.05, 0.1) is 11.8 Å². The van der Waals surface area contributed by atoms with Crippen LogP contribution in [-0.2, 0) is 9.59 Å². The summed E-state index contributed by atoms with van der Waals surface area (Å²) in [5, 5.41) is 20.6. The van der Waals surface area contributed by atoms with Gasteiger partial charge in [-0.15, -0.1) is 0 Å². The van der Waals surface area contributed by atoms with Gasteiger partial charge in [-0.1, -0.05) is 0 Å². The molecule has 26 heavy (non-hydrogen) atoms. The minimum Gasteiger partial charge on any atom is -0.481 e. The number of aliphatic carboxylic acids is 2. The lowest BCUT2D eigenvalue weighted by Gasteiger charge is -2.73. The molecule has 8 saturated carbocycles. The first kappa shape index (κ1) is 15.9. The zero-order valence-corrected chi connectivity index (χ0v) is 15.4. The van der Waals surface area contributed by atoms with Crippen molar-refractivity contribution >= 4 is 11.9 Å². The summed E-state index contributed by atoms with van der Waals surface area (Å²) in [5.74, 6) is 1.44. The normalized spacial score (nSPS) is 58.9. The quantitative estimate of drug-likeness (QED) is 0.798. The molecule has 2 N–H and O–H groups in total. The fourth-order valence-electron chi connectivity index (χ4n) is 10.4. The van der Waals surface area contributed by atoms with E-state index in [1.54, 1.807) is 0 Å². The number of hydrogen-bond donors (Lipinski definition) is 2. The zero-order chi connectivity index (χ0) is 17.8. The number of carboxylic acids is 2. The molecule has 142 valence electrons. The maximum atomic E-state index is 12.5. The van der Waals surface area contributed by atoms with Crippen LogP contribution in [0.5, 0.6) is 0 Å². The topological polar surface area (TPSA) is 74.6 Å². The van der Waals surface area contributed by atoms with Gasteiger partial charge >= 0.3 is 11.9 Å². The monoisotopic (exact) mass is 358 g/mol. The molecule has 0 heterocycles. The Kier molecular flexibility index (Phi) is 2.98. The molecule has 0 aliphatic heterocycles. The second-order valence-corrected chi connectivity index (χ2v) is 11.2. The molecular weight excluding hydrogens is 328 g/mol. The number of carbonyl (C=O) groups is 2. The van der Waals surface area contributed by atoms with Gasteiger partial charge in [-0.2, -0.15) is 0 Å². The highest BCUT2D eigenvalue weighted by atomic mass is 16.4. The smallest absolute Gasteiger partial charge is 0.307 e. The fourth-order valence-corrected chi connectivity index (χ4v) is 10.4. The van der Waals surface area contributed by atoms with Crippen LogP contribution < -0.4 is 0 Å². The van der Waals surface area contributed by atoms with Crippen LogP contribution in [-0.4, -0.2) is 22.2 Å². The molecule has 0 saturated heterocycles. The summed E-state index contributed by atoms with van der Waals surface area (Å²) in [6, 6.07) is 0. The Balaban J connectivity index is 1.54. The largest absolute Gasteiger partial charge is 0.481 e. The van der Waals surface area contributed by atoms with Crippen molar-refractivity contribution in [3.05, 3.63) is 0 Å². The van der Waals surface area contributed by atoms with Crippen molar-refractivity contribution in [1.82, 2.24) is 0 Å². The van der Waals surface area contributed by atoms with Crippen LogP contribution >= 0.6 is 0 Å². The Bertz CT molecular complexity index is 598. The molecule has 4 heteroatoms. The first-order valence-corrected chi connectivity index (χ1v) is 10.9. The highest BCUT2D eigenvalue weighted by molar-refractivity contribution is 5.75.